The highest BCUT2D eigenvalue weighted by Crippen LogP contribution is 2.29. The second-order valence-electron chi connectivity index (χ2n) is 4.65. The molecule has 2 aromatic rings. The number of aromatic nitrogens is 1. The van der Waals surface area contributed by atoms with E-state index in [9.17, 15) is 4.79 Å². The largest absolute Gasteiger partial charge is 0.310 e. The van der Waals surface area contributed by atoms with Crippen LogP contribution < -0.4 is 4.90 Å². The molecule has 1 aromatic carbocycles. The Hall–Kier alpha value is -2.16. The maximum absolute atomic E-state index is 12.4. The lowest BCUT2D eigenvalue weighted by atomic mass is 10.0. The zero-order chi connectivity index (χ0) is 16.7. The normalized spacial score (nSPS) is 11.9. The molecule has 3 nitrogen and oxygen atoms in total. The summed E-state index contributed by atoms with van der Waals surface area (Å²) in [7, 11) is 1.81. The van der Waals surface area contributed by atoms with Crippen molar-refractivity contribution in [3.8, 4) is 0 Å². The van der Waals surface area contributed by atoms with E-state index in [1.165, 1.54) is 0 Å². The van der Waals surface area contributed by atoms with Gasteiger partial charge in [-0.25, -0.2) is 0 Å². The number of amides is 1. The smallest absolute Gasteiger partial charge is 0.258 e. The van der Waals surface area contributed by atoms with Gasteiger partial charge in [0.25, 0.3) is 5.91 Å². The fraction of sp³-hybridized carbons (Fsp3) is 0.368. The number of carbonyl (C=O) groups excluding carboxylic acids is 1. The van der Waals surface area contributed by atoms with E-state index in [0.29, 0.717) is 0 Å². The number of hydrogen-bond acceptors (Lipinski definition) is 2. The standard InChI is InChI=1S/C15H14N2O.2C2H6/c1-10-7-12-8-11-5-3-4-6-13(11)15(18)17(2)14(12)9-16-10;2*1-2/h3-7,9H,8H2,1-2H3;2*1-2H3. The molecule has 0 aliphatic carbocycles. The molecule has 3 heteroatoms. The summed E-state index contributed by atoms with van der Waals surface area (Å²) in [6.07, 6.45) is 2.57. The van der Waals surface area contributed by atoms with E-state index in [1.807, 2.05) is 58.9 Å². The number of fused-ring (bicyclic) bond motifs is 2. The van der Waals surface area contributed by atoms with Crippen molar-refractivity contribution in [2.24, 2.45) is 0 Å². The first-order valence-corrected chi connectivity index (χ1v) is 7.98. The van der Waals surface area contributed by atoms with Gasteiger partial charge in [-0.3, -0.25) is 9.78 Å². The summed E-state index contributed by atoms with van der Waals surface area (Å²) in [5, 5.41) is 0. The Morgan fingerprint density at radius 2 is 1.68 bits per heavy atom. The molecule has 0 saturated carbocycles. The summed E-state index contributed by atoms with van der Waals surface area (Å²) in [5.41, 5.74) is 4.91. The van der Waals surface area contributed by atoms with Crippen molar-refractivity contribution in [2.75, 3.05) is 11.9 Å². The van der Waals surface area contributed by atoms with Crippen molar-refractivity contribution in [1.82, 2.24) is 4.98 Å². The van der Waals surface area contributed by atoms with Gasteiger partial charge in [-0.05, 0) is 30.2 Å². The highest BCUT2D eigenvalue weighted by atomic mass is 16.2. The molecule has 0 spiro atoms. The monoisotopic (exact) mass is 298 g/mol. The summed E-state index contributed by atoms with van der Waals surface area (Å²) >= 11 is 0. The molecule has 0 bridgehead atoms. The van der Waals surface area contributed by atoms with Crippen LogP contribution in [0.1, 0.15) is 54.9 Å². The van der Waals surface area contributed by atoms with Crippen molar-refractivity contribution < 1.29 is 4.79 Å². The maximum atomic E-state index is 12.4. The molecule has 1 aliphatic rings. The van der Waals surface area contributed by atoms with Crippen LogP contribution in [-0.2, 0) is 6.42 Å². The van der Waals surface area contributed by atoms with Crippen LogP contribution in [0.15, 0.2) is 36.5 Å². The third-order valence-electron chi connectivity index (χ3n) is 3.40. The second kappa shape index (κ2) is 8.32. The van der Waals surface area contributed by atoms with Crippen LogP contribution in [0.4, 0.5) is 5.69 Å². The number of anilines is 1. The van der Waals surface area contributed by atoms with Crippen LogP contribution in [0.2, 0.25) is 0 Å². The van der Waals surface area contributed by atoms with Crippen molar-refractivity contribution in [3.05, 3.63) is 58.9 Å². The van der Waals surface area contributed by atoms with Gasteiger partial charge in [0, 0.05) is 24.7 Å². The minimum absolute atomic E-state index is 0.0370. The van der Waals surface area contributed by atoms with Gasteiger partial charge in [0.05, 0.1) is 11.9 Å². The Labute approximate surface area is 134 Å². The Morgan fingerprint density at radius 3 is 2.36 bits per heavy atom. The van der Waals surface area contributed by atoms with Gasteiger partial charge >= 0.3 is 0 Å². The molecule has 0 radical (unpaired) electrons. The predicted octanol–water partition coefficient (Wildman–Crippen LogP) is 4.62. The van der Waals surface area contributed by atoms with E-state index in [-0.39, 0.29) is 5.91 Å². The molecule has 0 atom stereocenters. The van der Waals surface area contributed by atoms with Gasteiger partial charge in [0.15, 0.2) is 0 Å². The molecule has 0 unspecified atom stereocenters. The molecule has 2 heterocycles. The Morgan fingerprint density at radius 1 is 1.05 bits per heavy atom. The summed E-state index contributed by atoms with van der Waals surface area (Å²) in [5.74, 6) is 0.0370. The molecule has 0 N–H and O–H groups in total. The van der Waals surface area contributed by atoms with Crippen LogP contribution in [0, 0.1) is 6.92 Å². The fourth-order valence-electron chi connectivity index (χ4n) is 2.43. The first-order chi connectivity index (χ1) is 10.7. The van der Waals surface area contributed by atoms with Gasteiger partial charge in [0.1, 0.15) is 0 Å². The Bertz CT molecular complexity index is 635. The predicted molar refractivity (Wildman–Crippen MR) is 93.7 cm³/mol. The lowest BCUT2D eigenvalue weighted by molar-refractivity contribution is 0.0993. The molecule has 0 saturated heterocycles. The van der Waals surface area contributed by atoms with Crippen LogP contribution in [0.25, 0.3) is 0 Å². The van der Waals surface area contributed by atoms with E-state index in [2.05, 4.69) is 11.1 Å². The third-order valence-corrected chi connectivity index (χ3v) is 3.40. The lowest BCUT2D eigenvalue weighted by Crippen LogP contribution is -2.26. The number of hydrogen-bond donors (Lipinski definition) is 0. The summed E-state index contributed by atoms with van der Waals surface area (Å²) < 4.78 is 0. The average Bonchev–Trinajstić information content (AvgIpc) is 2.67. The van der Waals surface area contributed by atoms with E-state index in [4.69, 9.17) is 0 Å². The maximum Gasteiger partial charge on any atom is 0.258 e. The van der Waals surface area contributed by atoms with Gasteiger partial charge in [-0.15, -0.1) is 0 Å². The lowest BCUT2D eigenvalue weighted by Gasteiger charge is -2.17. The number of benzene rings is 1. The minimum atomic E-state index is 0.0370. The molecular weight excluding hydrogens is 272 g/mol. The fourth-order valence-corrected chi connectivity index (χ4v) is 2.43. The topological polar surface area (TPSA) is 33.2 Å². The van der Waals surface area contributed by atoms with Crippen LogP contribution in [0.5, 0.6) is 0 Å². The zero-order valence-electron chi connectivity index (χ0n) is 14.5. The molecule has 1 aromatic heterocycles. The van der Waals surface area contributed by atoms with E-state index in [0.717, 1.165) is 34.5 Å². The van der Waals surface area contributed by atoms with Crippen molar-refractivity contribution in [1.29, 1.82) is 0 Å². The van der Waals surface area contributed by atoms with Crippen molar-refractivity contribution in [3.63, 3.8) is 0 Å². The minimum Gasteiger partial charge on any atom is -0.310 e. The summed E-state index contributed by atoms with van der Waals surface area (Å²) in [6, 6.07) is 9.85. The van der Waals surface area contributed by atoms with Crippen LogP contribution in [0.3, 0.4) is 0 Å². The number of pyridine rings is 1. The first kappa shape index (κ1) is 17.9. The number of rotatable bonds is 0. The molecular formula is C19H26N2O. The zero-order valence-corrected chi connectivity index (χ0v) is 14.5. The van der Waals surface area contributed by atoms with Crippen molar-refractivity contribution in [2.45, 2.75) is 41.0 Å². The van der Waals surface area contributed by atoms with E-state index >= 15 is 0 Å². The molecule has 1 amide bonds. The van der Waals surface area contributed by atoms with Gasteiger partial charge in [-0.1, -0.05) is 45.9 Å². The Kier molecular flexibility index (Phi) is 6.77. The van der Waals surface area contributed by atoms with Gasteiger partial charge < -0.3 is 4.90 Å². The molecule has 3 rings (SSSR count). The highest BCUT2D eigenvalue weighted by molar-refractivity contribution is 6.08. The van der Waals surface area contributed by atoms with Gasteiger partial charge in [-0.2, -0.15) is 0 Å². The summed E-state index contributed by atoms with van der Waals surface area (Å²) in [6.45, 7) is 9.97. The van der Waals surface area contributed by atoms with Crippen LogP contribution >= 0.6 is 0 Å². The van der Waals surface area contributed by atoms with E-state index < -0.39 is 0 Å². The molecule has 118 valence electrons. The van der Waals surface area contributed by atoms with Crippen molar-refractivity contribution >= 4 is 11.6 Å². The second-order valence-corrected chi connectivity index (χ2v) is 4.65. The van der Waals surface area contributed by atoms with Crippen LogP contribution in [-0.4, -0.2) is 17.9 Å². The number of aryl methyl sites for hydroxylation is 1. The molecule has 1 aliphatic heterocycles. The quantitative estimate of drug-likeness (QED) is 0.711. The average molecular weight is 298 g/mol. The first-order valence-electron chi connectivity index (χ1n) is 7.98. The SMILES string of the molecule is CC.CC.Cc1cc2c(cn1)N(C)C(=O)c1ccccc1C2. The number of carbonyl (C=O) groups is 1. The Balaban J connectivity index is 0.000000561. The molecule has 22 heavy (non-hydrogen) atoms. The van der Waals surface area contributed by atoms with E-state index in [1.54, 1.807) is 18.1 Å². The molecule has 0 fully saturated rings. The third kappa shape index (κ3) is 3.53. The van der Waals surface area contributed by atoms with Gasteiger partial charge in [0.2, 0.25) is 0 Å². The number of nitrogens with zero attached hydrogens (tertiary/aromatic N) is 2. The highest BCUT2D eigenvalue weighted by Gasteiger charge is 2.23. The summed E-state index contributed by atoms with van der Waals surface area (Å²) in [4.78, 5) is 18.4.